The minimum atomic E-state index is 0.00304. The van der Waals surface area contributed by atoms with E-state index in [9.17, 15) is 4.79 Å². The summed E-state index contributed by atoms with van der Waals surface area (Å²) in [6.45, 7) is 3.73. The average molecular weight is 412 g/mol. The molecule has 1 aliphatic rings. The lowest BCUT2D eigenvalue weighted by Crippen LogP contribution is -2.36. The lowest BCUT2D eigenvalue weighted by Gasteiger charge is -2.23. The molecule has 29 heavy (non-hydrogen) atoms. The van der Waals surface area contributed by atoms with Crippen molar-refractivity contribution in [2.75, 3.05) is 19.6 Å². The number of ether oxygens (including phenoxy) is 1. The van der Waals surface area contributed by atoms with Gasteiger partial charge in [0.05, 0.1) is 0 Å². The molecule has 3 aromatic rings. The third-order valence-corrected chi connectivity index (χ3v) is 5.68. The topological polar surface area (TPSA) is 72.3 Å². The predicted octanol–water partition coefficient (Wildman–Crippen LogP) is 2.87. The molecule has 0 radical (unpaired) electrons. The van der Waals surface area contributed by atoms with E-state index in [1.165, 1.54) is 17.5 Å². The molecule has 0 fully saturated rings. The number of thiophene rings is 1. The highest BCUT2D eigenvalue weighted by molar-refractivity contribution is 7.07. The predicted molar refractivity (Wildman–Crippen MR) is 112 cm³/mol. The van der Waals surface area contributed by atoms with Gasteiger partial charge in [-0.3, -0.25) is 14.4 Å². The summed E-state index contributed by atoms with van der Waals surface area (Å²) < 4.78 is 8.05. The highest BCUT2D eigenvalue weighted by Gasteiger charge is 2.24. The average Bonchev–Trinajstić information content (AvgIpc) is 3.40. The normalized spacial score (nSPS) is 16.6. The molecule has 7 nitrogen and oxygen atoms in total. The van der Waals surface area contributed by atoms with Gasteiger partial charge in [0.2, 0.25) is 5.91 Å². The number of nitrogens with zero attached hydrogens (tertiary/aromatic N) is 4. The van der Waals surface area contributed by atoms with E-state index in [1.54, 1.807) is 22.3 Å². The molecule has 3 heterocycles. The minimum Gasteiger partial charge on any atom is -0.484 e. The minimum absolute atomic E-state index is 0.00304. The maximum absolute atomic E-state index is 12.1. The molecular weight excluding hydrogens is 386 g/mol. The maximum atomic E-state index is 12.1. The van der Waals surface area contributed by atoms with Crippen LogP contribution < -0.4 is 10.1 Å². The SMILES string of the molecule is O=C(CCCn1cncn1)NCCN1Cc2ccccc2OC(c2ccsc2)C1. The summed E-state index contributed by atoms with van der Waals surface area (Å²) >= 11 is 1.69. The fraction of sp³-hybridized carbons (Fsp3) is 0.381. The number of benzene rings is 1. The van der Waals surface area contributed by atoms with Crippen molar-refractivity contribution in [3.05, 3.63) is 64.9 Å². The number of hydrogen-bond donors (Lipinski definition) is 1. The van der Waals surface area contributed by atoms with Crippen LogP contribution in [0, 0.1) is 0 Å². The first-order valence-corrected chi connectivity index (χ1v) is 10.8. The number of rotatable bonds is 8. The van der Waals surface area contributed by atoms with Crippen molar-refractivity contribution in [3.8, 4) is 5.75 Å². The Labute approximate surface area is 174 Å². The molecule has 1 atom stereocenters. The lowest BCUT2D eigenvalue weighted by atomic mass is 10.2. The number of aromatic nitrogens is 3. The van der Waals surface area contributed by atoms with Gasteiger partial charge in [-0.25, -0.2) is 4.98 Å². The summed E-state index contributed by atoms with van der Waals surface area (Å²) in [5, 5.41) is 11.3. The second kappa shape index (κ2) is 9.67. The lowest BCUT2D eigenvalue weighted by molar-refractivity contribution is -0.121. The van der Waals surface area contributed by atoms with Crippen LogP contribution in [0.4, 0.5) is 0 Å². The number of carbonyl (C=O) groups excluding carboxylic acids is 1. The van der Waals surface area contributed by atoms with Crippen LogP contribution in [0.3, 0.4) is 0 Å². The Bertz CT molecular complexity index is 898. The number of fused-ring (bicyclic) bond motifs is 1. The van der Waals surface area contributed by atoms with Gasteiger partial charge in [-0.2, -0.15) is 16.4 Å². The molecule has 1 aromatic carbocycles. The molecule has 0 bridgehead atoms. The summed E-state index contributed by atoms with van der Waals surface area (Å²) in [5.41, 5.74) is 2.39. The fourth-order valence-corrected chi connectivity index (χ4v) is 4.18. The third kappa shape index (κ3) is 5.42. The largest absolute Gasteiger partial charge is 0.484 e. The van der Waals surface area contributed by atoms with Crippen LogP contribution >= 0.6 is 11.3 Å². The quantitative estimate of drug-likeness (QED) is 0.617. The van der Waals surface area contributed by atoms with Gasteiger partial charge >= 0.3 is 0 Å². The van der Waals surface area contributed by atoms with E-state index >= 15 is 0 Å². The van der Waals surface area contributed by atoms with E-state index < -0.39 is 0 Å². The molecule has 2 aromatic heterocycles. The van der Waals surface area contributed by atoms with Crippen molar-refractivity contribution in [1.82, 2.24) is 25.0 Å². The molecule has 152 valence electrons. The summed E-state index contributed by atoms with van der Waals surface area (Å²) in [6, 6.07) is 10.3. The Hall–Kier alpha value is -2.71. The molecule has 0 saturated carbocycles. The molecule has 1 aliphatic heterocycles. The van der Waals surface area contributed by atoms with Crippen molar-refractivity contribution in [2.24, 2.45) is 0 Å². The molecule has 4 rings (SSSR count). The zero-order valence-electron chi connectivity index (χ0n) is 16.2. The summed E-state index contributed by atoms with van der Waals surface area (Å²) in [7, 11) is 0. The molecule has 0 aliphatic carbocycles. The Balaban J connectivity index is 1.28. The highest BCUT2D eigenvalue weighted by Crippen LogP contribution is 2.31. The summed E-state index contributed by atoms with van der Waals surface area (Å²) in [5.74, 6) is 1.02. The van der Waals surface area contributed by atoms with Gasteiger partial charge < -0.3 is 10.1 Å². The molecule has 0 saturated heterocycles. The van der Waals surface area contributed by atoms with E-state index in [0.29, 0.717) is 19.5 Å². The van der Waals surface area contributed by atoms with Crippen LogP contribution in [0.25, 0.3) is 0 Å². The summed E-state index contributed by atoms with van der Waals surface area (Å²) in [4.78, 5) is 18.4. The number of para-hydroxylation sites is 1. The molecule has 1 amide bonds. The summed E-state index contributed by atoms with van der Waals surface area (Å²) in [6.07, 6.45) is 4.42. The van der Waals surface area contributed by atoms with E-state index in [1.807, 2.05) is 18.2 Å². The number of nitrogens with one attached hydrogen (secondary N) is 1. The van der Waals surface area contributed by atoms with Crippen LogP contribution in [-0.4, -0.2) is 45.2 Å². The Morgan fingerprint density at radius 2 is 2.21 bits per heavy atom. The van der Waals surface area contributed by atoms with Crippen LogP contribution in [0.5, 0.6) is 5.75 Å². The Kier molecular flexibility index (Phi) is 6.53. The van der Waals surface area contributed by atoms with E-state index in [-0.39, 0.29) is 12.0 Å². The van der Waals surface area contributed by atoms with Crippen molar-refractivity contribution in [2.45, 2.75) is 32.0 Å². The Morgan fingerprint density at radius 3 is 3.03 bits per heavy atom. The highest BCUT2D eigenvalue weighted by atomic mass is 32.1. The second-order valence-electron chi connectivity index (χ2n) is 7.12. The van der Waals surface area contributed by atoms with E-state index in [4.69, 9.17) is 4.74 Å². The molecule has 8 heteroatoms. The zero-order chi connectivity index (χ0) is 19.9. The maximum Gasteiger partial charge on any atom is 0.220 e. The van der Waals surface area contributed by atoms with Gasteiger partial charge in [-0.05, 0) is 29.3 Å². The van der Waals surface area contributed by atoms with E-state index in [0.717, 1.165) is 31.8 Å². The van der Waals surface area contributed by atoms with Crippen LogP contribution in [0.2, 0.25) is 0 Å². The van der Waals surface area contributed by atoms with Crippen LogP contribution in [-0.2, 0) is 17.9 Å². The van der Waals surface area contributed by atoms with Crippen molar-refractivity contribution in [1.29, 1.82) is 0 Å². The van der Waals surface area contributed by atoms with Gasteiger partial charge in [0.15, 0.2) is 0 Å². The standard InChI is InChI=1S/C21H25N5O2S/c27-21(6-3-9-26-16-22-15-24-26)23-8-10-25-12-17-4-1-2-5-19(17)28-20(13-25)18-7-11-29-14-18/h1-2,4-5,7,11,14-16,20H,3,6,8-10,12-13H2,(H,23,27). The molecule has 1 N–H and O–H groups in total. The van der Waals surface area contributed by atoms with Crippen molar-refractivity contribution < 1.29 is 9.53 Å². The van der Waals surface area contributed by atoms with Crippen LogP contribution in [0.1, 0.15) is 30.1 Å². The van der Waals surface area contributed by atoms with Gasteiger partial charge in [0.1, 0.15) is 24.5 Å². The van der Waals surface area contributed by atoms with Gasteiger partial charge in [0.25, 0.3) is 0 Å². The van der Waals surface area contributed by atoms with Gasteiger partial charge in [0, 0.05) is 50.3 Å². The number of hydrogen-bond acceptors (Lipinski definition) is 6. The Morgan fingerprint density at radius 1 is 1.28 bits per heavy atom. The number of carbonyl (C=O) groups is 1. The first-order valence-electron chi connectivity index (χ1n) is 9.86. The zero-order valence-corrected chi connectivity index (χ0v) is 17.1. The number of amides is 1. The first-order chi connectivity index (χ1) is 14.3. The third-order valence-electron chi connectivity index (χ3n) is 4.98. The van der Waals surface area contributed by atoms with Gasteiger partial charge in [-0.15, -0.1) is 0 Å². The number of aryl methyl sites for hydroxylation is 1. The van der Waals surface area contributed by atoms with Crippen molar-refractivity contribution >= 4 is 17.2 Å². The fourth-order valence-electron chi connectivity index (χ4n) is 3.47. The second-order valence-corrected chi connectivity index (χ2v) is 7.90. The molecular formula is C21H25N5O2S. The molecule has 1 unspecified atom stereocenters. The van der Waals surface area contributed by atoms with Gasteiger partial charge in [-0.1, -0.05) is 18.2 Å². The molecule has 0 spiro atoms. The smallest absolute Gasteiger partial charge is 0.220 e. The van der Waals surface area contributed by atoms with Crippen LogP contribution in [0.15, 0.2) is 53.7 Å². The first kappa shape index (κ1) is 19.6. The van der Waals surface area contributed by atoms with E-state index in [2.05, 4.69) is 43.2 Å². The monoisotopic (exact) mass is 411 g/mol. The van der Waals surface area contributed by atoms with Crippen molar-refractivity contribution in [3.63, 3.8) is 0 Å².